The molecule has 0 spiro atoms. The van der Waals surface area contributed by atoms with E-state index in [2.05, 4.69) is 5.32 Å². The maximum atomic E-state index is 13.3. The van der Waals surface area contributed by atoms with Gasteiger partial charge < -0.3 is 5.32 Å². The minimum Gasteiger partial charge on any atom is -0.325 e. The van der Waals surface area contributed by atoms with Crippen LogP contribution >= 0.6 is 23.2 Å². The van der Waals surface area contributed by atoms with Crippen LogP contribution in [0.3, 0.4) is 0 Å². The summed E-state index contributed by atoms with van der Waals surface area (Å²) in [5.74, 6) is -1.08. The molecule has 0 aromatic heterocycles. The first kappa shape index (κ1) is 20.6. The van der Waals surface area contributed by atoms with E-state index in [0.717, 1.165) is 10.6 Å². The van der Waals surface area contributed by atoms with E-state index in [1.807, 2.05) is 0 Å². The number of sulfonamides is 1. The molecule has 0 atom stereocenters. The molecule has 1 amide bonds. The van der Waals surface area contributed by atoms with Crippen molar-refractivity contribution in [2.75, 3.05) is 18.1 Å². The predicted molar refractivity (Wildman–Crippen MR) is 101 cm³/mol. The lowest BCUT2D eigenvalue weighted by atomic mass is 10.2. The Morgan fingerprint density at radius 3 is 2.46 bits per heavy atom. The van der Waals surface area contributed by atoms with Crippen molar-refractivity contribution in [2.45, 2.75) is 13.5 Å². The van der Waals surface area contributed by atoms with Crippen molar-refractivity contribution < 1.29 is 17.6 Å². The summed E-state index contributed by atoms with van der Waals surface area (Å²) < 4.78 is 38.4. The molecule has 0 aliphatic heterocycles. The second-order valence-electron chi connectivity index (χ2n) is 5.79. The highest BCUT2D eigenvalue weighted by atomic mass is 35.5. The molecule has 9 heteroatoms. The normalized spacial score (nSPS) is 11.6. The number of nitrogens with zero attached hydrogens (tertiary/aromatic N) is 1. The molecule has 0 saturated heterocycles. The summed E-state index contributed by atoms with van der Waals surface area (Å²) in [6, 6.07) is 8.69. The molecule has 26 heavy (non-hydrogen) atoms. The van der Waals surface area contributed by atoms with Gasteiger partial charge >= 0.3 is 0 Å². The van der Waals surface area contributed by atoms with Gasteiger partial charge in [-0.25, -0.2) is 12.8 Å². The Labute approximate surface area is 161 Å². The Kier molecular flexibility index (Phi) is 6.63. The molecule has 2 rings (SSSR count). The van der Waals surface area contributed by atoms with Crippen LogP contribution < -0.4 is 5.32 Å². The topological polar surface area (TPSA) is 66.5 Å². The van der Waals surface area contributed by atoms with Crippen LogP contribution in [0.5, 0.6) is 0 Å². The number of hydrogen-bond donors (Lipinski definition) is 1. The van der Waals surface area contributed by atoms with Gasteiger partial charge in [-0.2, -0.15) is 4.31 Å². The van der Waals surface area contributed by atoms with Gasteiger partial charge in [-0.1, -0.05) is 35.3 Å². The molecule has 0 bridgehead atoms. The molecular weight excluding hydrogens is 402 g/mol. The summed E-state index contributed by atoms with van der Waals surface area (Å²) in [6.07, 6.45) is 1.01. The Hall–Kier alpha value is -1.67. The van der Waals surface area contributed by atoms with Crippen LogP contribution in [0.25, 0.3) is 0 Å². The first-order chi connectivity index (χ1) is 12.1. The van der Waals surface area contributed by atoms with Crippen LogP contribution in [0.2, 0.25) is 10.0 Å². The zero-order valence-corrected chi connectivity index (χ0v) is 16.4. The molecule has 0 fully saturated rings. The van der Waals surface area contributed by atoms with E-state index < -0.39 is 28.3 Å². The minimum atomic E-state index is -3.67. The van der Waals surface area contributed by atoms with E-state index >= 15 is 0 Å². The summed E-state index contributed by atoms with van der Waals surface area (Å²) in [4.78, 5) is 12.3. The Bertz CT molecular complexity index is 936. The van der Waals surface area contributed by atoms with Crippen LogP contribution in [0.4, 0.5) is 10.1 Å². The van der Waals surface area contributed by atoms with Crippen molar-refractivity contribution in [1.29, 1.82) is 0 Å². The Balaban J connectivity index is 2.16. The van der Waals surface area contributed by atoms with Crippen LogP contribution in [0.15, 0.2) is 36.4 Å². The van der Waals surface area contributed by atoms with Crippen LogP contribution in [-0.2, 0) is 21.4 Å². The largest absolute Gasteiger partial charge is 0.325 e. The van der Waals surface area contributed by atoms with Crippen molar-refractivity contribution in [3.63, 3.8) is 0 Å². The minimum absolute atomic E-state index is 0.0503. The fourth-order valence-corrected chi connectivity index (χ4v) is 3.27. The summed E-state index contributed by atoms with van der Waals surface area (Å²) in [6.45, 7) is 1.24. The molecule has 0 aliphatic rings. The highest BCUT2D eigenvalue weighted by Crippen LogP contribution is 2.24. The van der Waals surface area contributed by atoms with Crippen LogP contribution in [0.1, 0.15) is 11.1 Å². The summed E-state index contributed by atoms with van der Waals surface area (Å²) in [7, 11) is -3.67. The number of carbonyl (C=O) groups excluding carboxylic acids is 1. The van der Waals surface area contributed by atoms with E-state index in [4.69, 9.17) is 23.2 Å². The van der Waals surface area contributed by atoms with E-state index in [0.29, 0.717) is 16.1 Å². The number of amides is 1. The fraction of sp³-hybridized carbons (Fsp3) is 0.235. The third-order valence-electron chi connectivity index (χ3n) is 3.61. The van der Waals surface area contributed by atoms with Gasteiger partial charge in [0.2, 0.25) is 15.9 Å². The van der Waals surface area contributed by atoms with Gasteiger partial charge in [0.05, 0.1) is 22.8 Å². The van der Waals surface area contributed by atoms with Gasteiger partial charge in [0, 0.05) is 12.2 Å². The number of rotatable bonds is 6. The first-order valence-electron chi connectivity index (χ1n) is 7.51. The Morgan fingerprint density at radius 2 is 1.85 bits per heavy atom. The van der Waals surface area contributed by atoms with Crippen LogP contribution in [0, 0.1) is 12.7 Å². The SMILES string of the molecule is Cc1ccc(F)cc1NC(=O)CN(Cc1ccc(Cl)c(Cl)c1)S(C)(=O)=O. The quantitative estimate of drug-likeness (QED) is 0.774. The van der Waals surface area contributed by atoms with E-state index in [1.54, 1.807) is 19.1 Å². The van der Waals surface area contributed by atoms with E-state index in [1.165, 1.54) is 24.3 Å². The number of anilines is 1. The van der Waals surface area contributed by atoms with E-state index in [9.17, 15) is 17.6 Å². The molecule has 5 nitrogen and oxygen atoms in total. The van der Waals surface area contributed by atoms with Crippen molar-refractivity contribution >= 4 is 44.8 Å². The predicted octanol–water partition coefficient (Wildman–Crippen LogP) is 3.84. The van der Waals surface area contributed by atoms with Crippen LogP contribution in [-0.4, -0.2) is 31.4 Å². The fourth-order valence-electron chi connectivity index (χ4n) is 2.21. The number of halogens is 3. The van der Waals surface area contributed by atoms with Crippen molar-refractivity contribution in [1.82, 2.24) is 4.31 Å². The van der Waals surface area contributed by atoms with Crippen molar-refractivity contribution in [3.8, 4) is 0 Å². The van der Waals surface area contributed by atoms with Gasteiger partial charge in [0.25, 0.3) is 0 Å². The van der Waals surface area contributed by atoms with Crippen molar-refractivity contribution in [2.24, 2.45) is 0 Å². The molecule has 0 radical (unpaired) electrons. The molecule has 140 valence electrons. The van der Waals surface area contributed by atoms with Gasteiger partial charge in [0.1, 0.15) is 5.82 Å². The highest BCUT2D eigenvalue weighted by molar-refractivity contribution is 7.88. The second-order valence-corrected chi connectivity index (χ2v) is 8.58. The molecule has 1 N–H and O–H groups in total. The van der Waals surface area contributed by atoms with Gasteiger partial charge in [-0.05, 0) is 42.3 Å². The lowest BCUT2D eigenvalue weighted by Crippen LogP contribution is -2.37. The maximum absolute atomic E-state index is 13.3. The average Bonchev–Trinajstić information content (AvgIpc) is 2.53. The number of nitrogens with one attached hydrogen (secondary N) is 1. The highest BCUT2D eigenvalue weighted by Gasteiger charge is 2.21. The molecule has 2 aromatic carbocycles. The van der Waals surface area contributed by atoms with Gasteiger partial charge in [-0.15, -0.1) is 0 Å². The second kappa shape index (κ2) is 8.35. The maximum Gasteiger partial charge on any atom is 0.239 e. The monoisotopic (exact) mass is 418 g/mol. The Morgan fingerprint density at radius 1 is 1.15 bits per heavy atom. The molecule has 0 saturated carbocycles. The number of hydrogen-bond acceptors (Lipinski definition) is 3. The van der Waals surface area contributed by atoms with Gasteiger partial charge in [0.15, 0.2) is 0 Å². The molecular formula is C17H17Cl2FN2O3S. The molecule has 2 aromatic rings. The van der Waals surface area contributed by atoms with Gasteiger partial charge in [-0.3, -0.25) is 4.79 Å². The number of carbonyl (C=O) groups is 1. The summed E-state index contributed by atoms with van der Waals surface area (Å²) in [5.41, 5.74) is 1.53. The average molecular weight is 419 g/mol. The number of benzene rings is 2. The third kappa shape index (κ3) is 5.67. The van der Waals surface area contributed by atoms with E-state index in [-0.39, 0.29) is 17.3 Å². The molecule has 0 unspecified atom stereocenters. The zero-order valence-electron chi connectivity index (χ0n) is 14.1. The third-order valence-corrected chi connectivity index (χ3v) is 5.54. The standard InChI is InChI=1S/C17H17Cl2FN2O3S/c1-11-3-5-13(20)8-16(11)21-17(23)10-22(26(2,24)25)9-12-4-6-14(18)15(19)7-12/h3-8H,9-10H2,1-2H3,(H,21,23). The summed E-state index contributed by atoms with van der Waals surface area (Å²) in [5, 5.41) is 3.16. The number of aryl methyl sites for hydroxylation is 1. The first-order valence-corrected chi connectivity index (χ1v) is 10.1. The zero-order chi connectivity index (χ0) is 19.5. The smallest absolute Gasteiger partial charge is 0.239 e. The molecule has 0 aliphatic carbocycles. The van der Waals surface area contributed by atoms with Crippen molar-refractivity contribution in [3.05, 3.63) is 63.4 Å². The lowest BCUT2D eigenvalue weighted by molar-refractivity contribution is -0.116. The summed E-state index contributed by atoms with van der Waals surface area (Å²) >= 11 is 11.8. The lowest BCUT2D eigenvalue weighted by Gasteiger charge is -2.20. The molecule has 0 heterocycles.